The van der Waals surface area contributed by atoms with Gasteiger partial charge in [0.2, 0.25) is 12.7 Å². The molecule has 2 aliphatic heterocycles. The molecular formula is C20H21N3O5. The van der Waals surface area contributed by atoms with Crippen LogP contribution in [0.1, 0.15) is 13.3 Å². The molecule has 1 saturated heterocycles. The van der Waals surface area contributed by atoms with E-state index in [4.69, 9.17) is 14.2 Å². The Kier molecular flexibility index (Phi) is 4.92. The van der Waals surface area contributed by atoms with Gasteiger partial charge in [0.25, 0.3) is 0 Å². The van der Waals surface area contributed by atoms with E-state index in [9.17, 15) is 9.59 Å². The summed E-state index contributed by atoms with van der Waals surface area (Å²) in [4.78, 5) is 26.3. The Morgan fingerprint density at radius 3 is 2.75 bits per heavy atom. The maximum atomic E-state index is 12.4. The first kappa shape index (κ1) is 18.0. The second kappa shape index (κ2) is 7.67. The number of nitrogens with zero attached hydrogens (tertiary/aromatic N) is 1. The fourth-order valence-electron chi connectivity index (χ4n) is 3.27. The third-order valence-corrected chi connectivity index (χ3v) is 4.55. The number of carbonyl (C=O) groups excluding carboxylic acids is 2. The summed E-state index contributed by atoms with van der Waals surface area (Å²) in [6.07, 6.45) is 0.252. The molecule has 0 aliphatic carbocycles. The van der Waals surface area contributed by atoms with Crippen LogP contribution in [0.2, 0.25) is 0 Å². The summed E-state index contributed by atoms with van der Waals surface area (Å²) in [5, 5.41) is 5.61. The highest BCUT2D eigenvalue weighted by Gasteiger charge is 2.31. The van der Waals surface area contributed by atoms with Gasteiger partial charge in [-0.1, -0.05) is 0 Å². The number of anilines is 2. The number of nitrogens with one attached hydrogen (secondary N) is 2. The standard InChI is InChI=1S/C20H21N3O5/c1-2-26-16-6-4-15(5-7-16)23-11-14(10-19(23)24)22-20(25)21-13-3-8-17-18(9-13)28-12-27-17/h3-9,14H,2,10-12H2,1H3,(H2,21,22,25)/t14-/m1/s1. The first-order valence-corrected chi connectivity index (χ1v) is 9.13. The second-order valence-corrected chi connectivity index (χ2v) is 6.50. The van der Waals surface area contributed by atoms with Crippen LogP contribution in [0.5, 0.6) is 17.2 Å². The van der Waals surface area contributed by atoms with Gasteiger partial charge in [0.1, 0.15) is 5.75 Å². The van der Waals surface area contributed by atoms with Crippen LogP contribution in [0.15, 0.2) is 42.5 Å². The van der Waals surface area contributed by atoms with E-state index in [-0.39, 0.29) is 31.2 Å². The Balaban J connectivity index is 1.34. The minimum Gasteiger partial charge on any atom is -0.494 e. The number of urea groups is 1. The number of rotatable bonds is 5. The molecule has 146 valence electrons. The molecule has 28 heavy (non-hydrogen) atoms. The van der Waals surface area contributed by atoms with Gasteiger partial charge in [0, 0.05) is 30.4 Å². The summed E-state index contributed by atoms with van der Waals surface area (Å²) in [6.45, 7) is 3.10. The van der Waals surface area contributed by atoms with Crippen molar-refractivity contribution in [2.75, 3.05) is 30.2 Å². The molecule has 0 spiro atoms. The molecule has 0 saturated carbocycles. The second-order valence-electron chi connectivity index (χ2n) is 6.50. The van der Waals surface area contributed by atoms with Crippen molar-refractivity contribution in [1.82, 2.24) is 5.32 Å². The van der Waals surface area contributed by atoms with Crippen molar-refractivity contribution < 1.29 is 23.8 Å². The van der Waals surface area contributed by atoms with E-state index in [1.54, 1.807) is 23.1 Å². The number of amides is 3. The highest BCUT2D eigenvalue weighted by molar-refractivity contribution is 5.97. The Bertz CT molecular complexity index is 884. The van der Waals surface area contributed by atoms with Gasteiger partial charge >= 0.3 is 6.03 Å². The van der Waals surface area contributed by atoms with Gasteiger partial charge in [0.15, 0.2) is 11.5 Å². The normalized spacial score (nSPS) is 17.5. The average Bonchev–Trinajstić information content (AvgIpc) is 3.28. The lowest BCUT2D eigenvalue weighted by Crippen LogP contribution is -2.39. The van der Waals surface area contributed by atoms with Crippen molar-refractivity contribution in [3.63, 3.8) is 0 Å². The number of hydrogen-bond acceptors (Lipinski definition) is 5. The van der Waals surface area contributed by atoms with E-state index in [1.165, 1.54) is 0 Å². The number of carbonyl (C=O) groups is 2. The largest absolute Gasteiger partial charge is 0.494 e. The van der Waals surface area contributed by atoms with E-state index in [2.05, 4.69) is 10.6 Å². The molecule has 0 aromatic heterocycles. The molecule has 4 rings (SSSR count). The molecule has 2 aromatic rings. The minimum atomic E-state index is -0.370. The third kappa shape index (κ3) is 3.80. The van der Waals surface area contributed by atoms with Gasteiger partial charge in [0.05, 0.1) is 12.6 Å². The van der Waals surface area contributed by atoms with Crippen LogP contribution in [0.3, 0.4) is 0 Å². The van der Waals surface area contributed by atoms with Crippen molar-refractivity contribution >= 4 is 23.3 Å². The average molecular weight is 383 g/mol. The van der Waals surface area contributed by atoms with Gasteiger partial charge in [-0.05, 0) is 43.3 Å². The van der Waals surface area contributed by atoms with Crippen LogP contribution in [0.25, 0.3) is 0 Å². The summed E-state index contributed by atoms with van der Waals surface area (Å²) in [5.74, 6) is 1.97. The molecule has 1 atom stereocenters. The molecule has 3 amide bonds. The SMILES string of the molecule is CCOc1ccc(N2C[C@H](NC(=O)Nc3ccc4c(c3)OCO4)CC2=O)cc1. The first-order valence-electron chi connectivity index (χ1n) is 9.13. The predicted octanol–water partition coefficient (Wildman–Crippen LogP) is 2.74. The molecule has 1 fully saturated rings. The molecule has 8 nitrogen and oxygen atoms in total. The van der Waals surface area contributed by atoms with Crippen LogP contribution in [-0.4, -0.2) is 37.9 Å². The molecular weight excluding hydrogens is 362 g/mol. The summed E-state index contributed by atoms with van der Waals surface area (Å²) in [5.41, 5.74) is 1.38. The lowest BCUT2D eigenvalue weighted by molar-refractivity contribution is -0.117. The van der Waals surface area contributed by atoms with Crippen LogP contribution in [-0.2, 0) is 4.79 Å². The fourth-order valence-corrected chi connectivity index (χ4v) is 3.27. The van der Waals surface area contributed by atoms with Crippen LogP contribution in [0, 0.1) is 0 Å². The predicted molar refractivity (Wildman–Crippen MR) is 103 cm³/mol. The van der Waals surface area contributed by atoms with E-state index in [0.717, 1.165) is 11.4 Å². The third-order valence-electron chi connectivity index (χ3n) is 4.55. The van der Waals surface area contributed by atoms with Crippen molar-refractivity contribution in [3.05, 3.63) is 42.5 Å². The van der Waals surface area contributed by atoms with Crippen molar-refractivity contribution in [3.8, 4) is 17.2 Å². The van der Waals surface area contributed by atoms with Crippen LogP contribution >= 0.6 is 0 Å². The molecule has 2 heterocycles. The van der Waals surface area contributed by atoms with Gasteiger partial charge in [-0.15, -0.1) is 0 Å². The van der Waals surface area contributed by atoms with Gasteiger partial charge in [-0.3, -0.25) is 4.79 Å². The van der Waals surface area contributed by atoms with E-state index in [0.29, 0.717) is 30.3 Å². The molecule has 2 aromatic carbocycles. The molecule has 2 N–H and O–H groups in total. The quantitative estimate of drug-likeness (QED) is 0.829. The number of ether oxygens (including phenoxy) is 3. The fraction of sp³-hybridized carbons (Fsp3) is 0.300. The lowest BCUT2D eigenvalue weighted by Gasteiger charge is -2.18. The first-order chi connectivity index (χ1) is 13.6. The molecule has 8 heteroatoms. The van der Waals surface area contributed by atoms with E-state index in [1.807, 2.05) is 31.2 Å². The highest BCUT2D eigenvalue weighted by atomic mass is 16.7. The minimum absolute atomic E-state index is 0.0301. The van der Waals surface area contributed by atoms with Crippen LogP contribution in [0.4, 0.5) is 16.2 Å². The highest BCUT2D eigenvalue weighted by Crippen LogP contribution is 2.34. The number of fused-ring (bicyclic) bond motifs is 1. The molecule has 0 radical (unpaired) electrons. The topological polar surface area (TPSA) is 89.1 Å². The monoisotopic (exact) mass is 383 g/mol. The van der Waals surface area contributed by atoms with Crippen molar-refractivity contribution in [1.29, 1.82) is 0 Å². The van der Waals surface area contributed by atoms with Crippen molar-refractivity contribution in [2.45, 2.75) is 19.4 Å². The van der Waals surface area contributed by atoms with Gasteiger partial charge in [-0.25, -0.2) is 4.79 Å². The summed E-state index contributed by atoms with van der Waals surface area (Å²) < 4.78 is 16.0. The Morgan fingerprint density at radius 1 is 1.18 bits per heavy atom. The lowest BCUT2D eigenvalue weighted by atomic mass is 10.2. The molecule has 0 bridgehead atoms. The molecule has 2 aliphatic rings. The summed E-state index contributed by atoms with van der Waals surface area (Å²) >= 11 is 0. The number of hydrogen-bond donors (Lipinski definition) is 2. The molecule has 0 unspecified atom stereocenters. The van der Waals surface area contributed by atoms with Crippen LogP contribution < -0.4 is 29.7 Å². The zero-order chi connectivity index (χ0) is 19.5. The summed E-state index contributed by atoms with van der Waals surface area (Å²) in [6, 6.07) is 11.9. The van der Waals surface area contributed by atoms with E-state index >= 15 is 0 Å². The smallest absolute Gasteiger partial charge is 0.319 e. The Labute approximate surface area is 162 Å². The number of benzene rings is 2. The maximum absolute atomic E-state index is 12.4. The zero-order valence-electron chi connectivity index (χ0n) is 15.4. The van der Waals surface area contributed by atoms with Crippen molar-refractivity contribution in [2.24, 2.45) is 0 Å². The summed E-state index contributed by atoms with van der Waals surface area (Å²) in [7, 11) is 0. The Hall–Kier alpha value is -3.42. The maximum Gasteiger partial charge on any atom is 0.319 e. The van der Waals surface area contributed by atoms with E-state index < -0.39 is 0 Å². The zero-order valence-corrected chi connectivity index (χ0v) is 15.4. The van der Waals surface area contributed by atoms with Gasteiger partial charge < -0.3 is 29.7 Å². The Morgan fingerprint density at radius 2 is 1.96 bits per heavy atom. The van der Waals surface area contributed by atoms with Gasteiger partial charge in [-0.2, -0.15) is 0 Å².